The number of carbonyl (C=O) groups excluding carboxylic acids is 1. The summed E-state index contributed by atoms with van der Waals surface area (Å²) in [4.78, 5) is 12.0. The molecule has 0 aliphatic carbocycles. The number of hydrogen-bond acceptors (Lipinski definition) is 3. The molecule has 1 aliphatic rings. The van der Waals surface area contributed by atoms with Gasteiger partial charge in [-0.3, -0.25) is 4.79 Å². The van der Waals surface area contributed by atoms with Crippen LogP contribution in [0.25, 0.3) is 0 Å². The van der Waals surface area contributed by atoms with Crippen LogP contribution in [0, 0.1) is 17.7 Å². The van der Waals surface area contributed by atoms with E-state index in [1.165, 1.54) is 12.1 Å². The number of rotatable bonds is 2. The van der Waals surface area contributed by atoms with E-state index in [1.54, 1.807) is 6.07 Å². The first-order valence-electron chi connectivity index (χ1n) is 6.58. The summed E-state index contributed by atoms with van der Waals surface area (Å²) in [7, 11) is 0. The zero-order valence-electron chi connectivity index (χ0n) is 11.1. The van der Waals surface area contributed by atoms with Crippen LogP contribution in [0.15, 0.2) is 18.2 Å². The van der Waals surface area contributed by atoms with Gasteiger partial charge in [0.1, 0.15) is 5.82 Å². The van der Waals surface area contributed by atoms with E-state index in [1.807, 2.05) is 0 Å². The average molecular weight is 276 g/mol. The predicted molar refractivity (Wildman–Crippen MR) is 73.6 cm³/mol. The molecule has 1 aromatic rings. The topological polar surface area (TPSA) is 64.4 Å². The lowest BCUT2D eigenvalue weighted by atomic mass is 10.1. The van der Waals surface area contributed by atoms with Gasteiger partial charge in [-0.1, -0.05) is 11.8 Å². The Morgan fingerprint density at radius 2 is 2.40 bits per heavy atom. The van der Waals surface area contributed by atoms with E-state index in [-0.39, 0.29) is 29.6 Å². The third-order valence-corrected chi connectivity index (χ3v) is 3.05. The van der Waals surface area contributed by atoms with E-state index in [9.17, 15) is 9.18 Å². The quantitative estimate of drug-likeness (QED) is 0.793. The summed E-state index contributed by atoms with van der Waals surface area (Å²) in [6.07, 6.45) is 1.81. The van der Waals surface area contributed by atoms with Crippen LogP contribution in [-0.4, -0.2) is 31.7 Å². The molecule has 4 nitrogen and oxygen atoms in total. The summed E-state index contributed by atoms with van der Waals surface area (Å²) in [6.45, 7) is 1.41. The fourth-order valence-electron chi connectivity index (χ4n) is 2.03. The average Bonchev–Trinajstić information content (AvgIpc) is 2.47. The van der Waals surface area contributed by atoms with Crippen LogP contribution < -0.4 is 11.1 Å². The summed E-state index contributed by atoms with van der Waals surface area (Å²) >= 11 is 0. The molecule has 1 aliphatic heterocycles. The molecule has 1 saturated heterocycles. The molecule has 1 fully saturated rings. The Morgan fingerprint density at radius 1 is 1.55 bits per heavy atom. The van der Waals surface area contributed by atoms with Crippen molar-refractivity contribution in [3.05, 3.63) is 35.1 Å². The molecule has 3 N–H and O–H groups in total. The van der Waals surface area contributed by atoms with Gasteiger partial charge in [0.2, 0.25) is 0 Å². The molecule has 106 valence electrons. The number of amides is 1. The van der Waals surface area contributed by atoms with E-state index in [4.69, 9.17) is 10.5 Å². The van der Waals surface area contributed by atoms with Crippen molar-refractivity contribution in [1.29, 1.82) is 0 Å². The normalized spacial score (nSPS) is 18.0. The van der Waals surface area contributed by atoms with E-state index in [0.29, 0.717) is 6.61 Å². The second-order valence-electron chi connectivity index (χ2n) is 4.59. The lowest BCUT2D eigenvalue weighted by Gasteiger charge is -2.23. The van der Waals surface area contributed by atoms with Crippen LogP contribution in [0.1, 0.15) is 28.8 Å². The number of halogens is 1. The third-order valence-electron chi connectivity index (χ3n) is 3.05. The van der Waals surface area contributed by atoms with Gasteiger partial charge >= 0.3 is 0 Å². The second kappa shape index (κ2) is 7.04. The number of ether oxygens (including phenoxy) is 1. The van der Waals surface area contributed by atoms with Crippen molar-refractivity contribution >= 4 is 5.91 Å². The molecular weight excluding hydrogens is 259 g/mol. The lowest BCUT2D eigenvalue weighted by molar-refractivity contribution is 0.0624. The SMILES string of the molecule is NCC#Cc1ccc(C(=O)NC2CCCOC2)cc1F. The van der Waals surface area contributed by atoms with Crippen LogP contribution >= 0.6 is 0 Å². The Bertz CT molecular complexity index is 543. The summed E-state index contributed by atoms with van der Waals surface area (Å²) in [5.41, 5.74) is 5.76. The molecule has 2 rings (SSSR count). The summed E-state index contributed by atoms with van der Waals surface area (Å²) < 4.78 is 19.1. The summed E-state index contributed by atoms with van der Waals surface area (Å²) in [6, 6.07) is 4.24. The Balaban J connectivity index is 2.04. The zero-order valence-corrected chi connectivity index (χ0v) is 11.1. The molecule has 1 unspecified atom stereocenters. The molecule has 0 saturated carbocycles. The highest BCUT2D eigenvalue weighted by molar-refractivity contribution is 5.94. The number of nitrogens with one attached hydrogen (secondary N) is 1. The molecule has 0 bridgehead atoms. The maximum absolute atomic E-state index is 13.8. The van der Waals surface area contributed by atoms with Crippen molar-refractivity contribution in [2.75, 3.05) is 19.8 Å². The fourth-order valence-corrected chi connectivity index (χ4v) is 2.03. The van der Waals surface area contributed by atoms with Crippen LogP contribution in [0.2, 0.25) is 0 Å². The van der Waals surface area contributed by atoms with Gasteiger partial charge in [-0.15, -0.1) is 0 Å². The zero-order chi connectivity index (χ0) is 14.4. The van der Waals surface area contributed by atoms with Gasteiger partial charge in [0.05, 0.1) is 24.8 Å². The van der Waals surface area contributed by atoms with Gasteiger partial charge in [-0.25, -0.2) is 4.39 Å². The van der Waals surface area contributed by atoms with Crippen molar-refractivity contribution in [2.24, 2.45) is 5.73 Å². The number of nitrogens with two attached hydrogens (primary N) is 1. The highest BCUT2D eigenvalue weighted by Crippen LogP contribution is 2.11. The number of carbonyl (C=O) groups is 1. The minimum atomic E-state index is -0.515. The highest BCUT2D eigenvalue weighted by atomic mass is 19.1. The van der Waals surface area contributed by atoms with E-state index in [2.05, 4.69) is 17.2 Å². The maximum Gasteiger partial charge on any atom is 0.251 e. The molecule has 1 atom stereocenters. The van der Waals surface area contributed by atoms with Crippen molar-refractivity contribution in [3.63, 3.8) is 0 Å². The minimum Gasteiger partial charge on any atom is -0.379 e. The molecule has 0 aromatic heterocycles. The van der Waals surface area contributed by atoms with E-state index in [0.717, 1.165) is 19.4 Å². The largest absolute Gasteiger partial charge is 0.379 e. The summed E-state index contributed by atoms with van der Waals surface area (Å²) in [5.74, 6) is 4.39. The number of benzene rings is 1. The molecule has 1 aromatic carbocycles. The molecule has 0 radical (unpaired) electrons. The van der Waals surface area contributed by atoms with Gasteiger partial charge in [-0.2, -0.15) is 0 Å². The Morgan fingerprint density at radius 3 is 3.05 bits per heavy atom. The Kier molecular flexibility index (Phi) is 5.10. The first kappa shape index (κ1) is 14.5. The van der Waals surface area contributed by atoms with Crippen LogP contribution in [0.3, 0.4) is 0 Å². The third kappa shape index (κ3) is 3.80. The summed E-state index contributed by atoms with van der Waals surface area (Å²) in [5, 5.41) is 2.84. The molecule has 1 amide bonds. The number of hydrogen-bond donors (Lipinski definition) is 2. The van der Waals surface area contributed by atoms with Crippen LogP contribution in [-0.2, 0) is 4.74 Å². The molecule has 1 heterocycles. The Labute approximate surface area is 117 Å². The highest BCUT2D eigenvalue weighted by Gasteiger charge is 2.17. The van der Waals surface area contributed by atoms with Gasteiger partial charge in [0.25, 0.3) is 5.91 Å². The van der Waals surface area contributed by atoms with Gasteiger partial charge < -0.3 is 15.8 Å². The van der Waals surface area contributed by atoms with Crippen molar-refractivity contribution < 1.29 is 13.9 Å². The van der Waals surface area contributed by atoms with Gasteiger partial charge in [0, 0.05) is 12.2 Å². The van der Waals surface area contributed by atoms with E-state index >= 15 is 0 Å². The molecule has 5 heteroatoms. The molecule has 20 heavy (non-hydrogen) atoms. The first-order chi connectivity index (χ1) is 9.70. The molecular formula is C15H17FN2O2. The van der Waals surface area contributed by atoms with E-state index < -0.39 is 5.82 Å². The van der Waals surface area contributed by atoms with Crippen molar-refractivity contribution in [3.8, 4) is 11.8 Å². The fraction of sp³-hybridized carbons (Fsp3) is 0.400. The predicted octanol–water partition coefficient (Wildman–Crippen LogP) is 1.04. The van der Waals surface area contributed by atoms with Crippen LogP contribution in [0.4, 0.5) is 4.39 Å². The monoisotopic (exact) mass is 276 g/mol. The van der Waals surface area contributed by atoms with Gasteiger partial charge in [0.15, 0.2) is 0 Å². The minimum absolute atomic E-state index is 0.00369. The lowest BCUT2D eigenvalue weighted by Crippen LogP contribution is -2.40. The first-order valence-corrected chi connectivity index (χ1v) is 6.58. The maximum atomic E-state index is 13.8. The van der Waals surface area contributed by atoms with Crippen molar-refractivity contribution in [1.82, 2.24) is 5.32 Å². The van der Waals surface area contributed by atoms with Crippen molar-refractivity contribution in [2.45, 2.75) is 18.9 Å². The molecule has 0 spiro atoms. The smallest absolute Gasteiger partial charge is 0.251 e. The van der Waals surface area contributed by atoms with Crippen LogP contribution in [0.5, 0.6) is 0 Å². The van der Waals surface area contributed by atoms with Gasteiger partial charge in [-0.05, 0) is 31.0 Å². The standard InChI is InChI=1S/C15H17FN2O2/c16-14-9-12(6-5-11(14)3-1-7-17)15(19)18-13-4-2-8-20-10-13/h5-6,9,13H,2,4,7-8,10,17H2,(H,18,19). The Hall–Kier alpha value is -1.90. The second-order valence-corrected chi connectivity index (χ2v) is 4.59.